The molecular weight excluding hydrogens is 776 g/mol. The molecule has 0 radical (unpaired) electrons. The average Bonchev–Trinajstić information content (AvgIpc) is 3.21. The lowest BCUT2D eigenvalue weighted by Crippen LogP contribution is -2.37. The molecule has 12 nitrogen and oxygen atoms in total. The molecule has 0 atom stereocenters. The van der Waals surface area contributed by atoms with E-state index in [1.165, 1.54) is 0 Å². The number of hydrogen-bond donors (Lipinski definition) is 0. The molecule has 2 aliphatic heterocycles. The lowest BCUT2D eigenvalue weighted by atomic mass is 9.95. The van der Waals surface area contributed by atoms with Gasteiger partial charge in [0.15, 0.2) is 0 Å². The second-order valence-corrected chi connectivity index (χ2v) is 14.5. The molecule has 2 aromatic heterocycles. The third-order valence-corrected chi connectivity index (χ3v) is 10.7. The van der Waals surface area contributed by atoms with Crippen molar-refractivity contribution in [3.63, 3.8) is 0 Å². The Morgan fingerprint density at radius 2 is 1.07 bits per heavy atom. The molecule has 0 N–H and O–H groups in total. The molecule has 4 heterocycles. The molecule has 4 aromatic rings. The first-order valence-electron chi connectivity index (χ1n) is 19.9. The maximum absolute atomic E-state index is 13.9. The van der Waals surface area contributed by atoms with Gasteiger partial charge in [0.05, 0.1) is 44.2 Å². The van der Waals surface area contributed by atoms with Crippen LogP contribution >= 0.6 is 12.4 Å². The number of morpholine rings is 2. The van der Waals surface area contributed by atoms with Crippen LogP contribution in [0.1, 0.15) is 51.4 Å². The molecule has 316 valence electrons. The summed E-state index contributed by atoms with van der Waals surface area (Å²) in [6.45, 7) is 27.6. The van der Waals surface area contributed by atoms with Gasteiger partial charge in [-0.15, -0.1) is 38.7 Å². The fourth-order valence-electron chi connectivity index (χ4n) is 7.70. The topological polar surface area (TPSA) is 130 Å². The molecule has 2 saturated heterocycles. The standard InChI is InChI=1S/C46H54N2O10.ClH/c1-8-13-31-25-35-29(6)37(27-47-17-21-52-22-18-47)43(49)55-41(35)33(15-10-3)39(31)57-46(45(51)54-12-5)58-40-32(14-9-2)26-36-30(7)38(28-48-19-23-53-24-20-48)44(50)56-42(36)34(40)16-11-4;/h8-11,25-26,46H,1-4,12-24,27-28H2,5-7H3;1H. The maximum atomic E-state index is 13.9. The van der Waals surface area contributed by atoms with E-state index in [1.54, 1.807) is 31.2 Å². The van der Waals surface area contributed by atoms with Crippen molar-refractivity contribution < 1.29 is 37.3 Å². The maximum Gasteiger partial charge on any atom is 0.389 e. The largest absolute Gasteiger partial charge is 0.460 e. The predicted octanol–water partition coefficient (Wildman–Crippen LogP) is 6.86. The summed E-state index contributed by atoms with van der Waals surface area (Å²) in [5, 5.41) is 1.49. The molecule has 0 aliphatic carbocycles. The number of esters is 1. The van der Waals surface area contributed by atoms with Crippen molar-refractivity contribution in [2.24, 2.45) is 0 Å². The average molecular weight is 831 g/mol. The van der Waals surface area contributed by atoms with E-state index in [-0.39, 0.29) is 43.4 Å². The van der Waals surface area contributed by atoms with Crippen molar-refractivity contribution in [3.8, 4) is 11.5 Å². The van der Waals surface area contributed by atoms with Crippen molar-refractivity contribution in [2.45, 2.75) is 65.8 Å². The molecule has 6 rings (SSSR count). The van der Waals surface area contributed by atoms with Gasteiger partial charge in [-0.05, 0) is 80.8 Å². The summed E-state index contributed by atoms with van der Waals surface area (Å²) in [5.74, 6) is -0.233. The highest BCUT2D eigenvalue weighted by Crippen LogP contribution is 2.39. The van der Waals surface area contributed by atoms with Gasteiger partial charge >= 0.3 is 23.5 Å². The van der Waals surface area contributed by atoms with Crippen LogP contribution in [0, 0.1) is 13.8 Å². The number of aryl methyl sites for hydroxylation is 2. The number of benzene rings is 2. The van der Waals surface area contributed by atoms with Gasteiger partial charge in [0.1, 0.15) is 22.7 Å². The Kier molecular flexibility index (Phi) is 15.9. The zero-order chi connectivity index (χ0) is 41.3. The van der Waals surface area contributed by atoms with Crippen molar-refractivity contribution in [3.05, 3.63) is 128 Å². The molecule has 0 saturated carbocycles. The minimum Gasteiger partial charge on any atom is -0.460 e. The smallest absolute Gasteiger partial charge is 0.389 e. The van der Waals surface area contributed by atoms with Gasteiger partial charge in [-0.25, -0.2) is 14.4 Å². The van der Waals surface area contributed by atoms with Crippen LogP contribution in [-0.2, 0) is 57.8 Å². The fraction of sp³-hybridized carbons (Fsp3) is 0.413. The molecule has 13 heteroatoms. The zero-order valence-corrected chi connectivity index (χ0v) is 35.2. The summed E-state index contributed by atoms with van der Waals surface area (Å²) < 4.78 is 42.0. The number of rotatable bonds is 18. The summed E-state index contributed by atoms with van der Waals surface area (Å²) in [4.78, 5) is 45.6. The normalized spacial score (nSPS) is 14.8. The highest BCUT2D eigenvalue weighted by molar-refractivity contribution is 5.89. The number of ether oxygens (including phenoxy) is 5. The van der Waals surface area contributed by atoms with Gasteiger partial charge in [-0.1, -0.05) is 24.3 Å². The first-order chi connectivity index (χ1) is 28.1. The van der Waals surface area contributed by atoms with E-state index >= 15 is 0 Å². The number of hydrogen-bond acceptors (Lipinski definition) is 12. The Balaban J connectivity index is 0.00000661. The monoisotopic (exact) mass is 830 g/mol. The van der Waals surface area contributed by atoms with Crippen molar-refractivity contribution in [1.29, 1.82) is 0 Å². The number of nitrogens with zero attached hydrogens (tertiary/aromatic N) is 2. The molecule has 0 spiro atoms. The molecule has 2 fully saturated rings. The predicted molar refractivity (Wildman–Crippen MR) is 231 cm³/mol. The summed E-state index contributed by atoms with van der Waals surface area (Å²) in [7, 11) is 0. The number of carbonyl (C=O) groups excluding carboxylic acids is 1. The fourth-order valence-corrected chi connectivity index (χ4v) is 7.70. The van der Waals surface area contributed by atoms with E-state index in [4.69, 9.17) is 32.5 Å². The van der Waals surface area contributed by atoms with Crippen molar-refractivity contribution in [2.75, 3.05) is 59.2 Å². The van der Waals surface area contributed by atoms with Crippen molar-refractivity contribution in [1.82, 2.24) is 9.80 Å². The van der Waals surface area contributed by atoms with Gasteiger partial charge < -0.3 is 32.5 Å². The minimum absolute atomic E-state index is 0. The second kappa shape index (κ2) is 20.8. The number of fused-ring (bicyclic) bond motifs is 2. The van der Waals surface area contributed by atoms with E-state index in [2.05, 4.69) is 36.1 Å². The van der Waals surface area contributed by atoms with Crippen LogP contribution in [0.15, 0.2) is 81.2 Å². The zero-order valence-electron chi connectivity index (χ0n) is 34.4. The Bertz CT molecular complexity index is 2160. The van der Waals surface area contributed by atoms with Crippen LogP contribution < -0.4 is 20.7 Å². The van der Waals surface area contributed by atoms with Gasteiger partial charge in [-0.3, -0.25) is 9.80 Å². The lowest BCUT2D eigenvalue weighted by molar-refractivity contribution is -0.165. The molecule has 0 bridgehead atoms. The van der Waals surface area contributed by atoms with Gasteiger partial charge in [0.25, 0.3) is 0 Å². The first kappa shape index (κ1) is 45.1. The van der Waals surface area contributed by atoms with E-state index in [9.17, 15) is 14.4 Å². The van der Waals surface area contributed by atoms with Crippen LogP contribution in [0.25, 0.3) is 21.9 Å². The third-order valence-electron chi connectivity index (χ3n) is 10.7. The van der Waals surface area contributed by atoms with Crippen LogP contribution in [0.5, 0.6) is 11.5 Å². The molecule has 59 heavy (non-hydrogen) atoms. The Morgan fingerprint density at radius 3 is 1.42 bits per heavy atom. The number of allylic oxidation sites excluding steroid dienone is 4. The summed E-state index contributed by atoms with van der Waals surface area (Å²) in [5.41, 5.74) is 4.90. The molecule has 2 aromatic carbocycles. The Labute approximate surface area is 351 Å². The van der Waals surface area contributed by atoms with Crippen molar-refractivity contribution >= 4 is 40.3 Å². The SMILES string of the molecule is C=CCc1cc2c(C)c(CN3CCOCC3)c(=O)oc2c(CC=C)c1OC(Oc1c(CC=C)cc2c(C)c(CN3CCOCC3)c(=O)oc2c1CC=C)C(=O)OCC.Cl. The highest BCUT2D eigenvalue weighted by atomic mass is 35.5. The van der Waals surface area contributed by atoms with Gasteiger partial charge in [0.2, 0.25) is 0 Å². The highest BCUT2D eigenvalue weighted by Gasteiger charge is 2.32. The molecule has 2 aliphatic rings. The van der Waals surface area contributed by atoms with E-state index in [0.717, 1.165) is 21.9 Å². The summed E-state index contributed by atoms with van der Waals surface area (Å²) >= 11 is 0. The van der Waals surface area contributed by atoms with E-state index < -0.39 is 23.5 Å². The van der Waals surface area contributed by atoms with Crippen LogP contribution in [0.3, 0.4) is 0 Å². The minimum atomic E-state index is -1.64. The van der Waals surface area contributed by atoms with E-state index in [0.29, 0.717) is 123 Å². The van der Waals surface area contributed by atoms with Crippen LogP contribution in [0.2, 0.25) is 0 Å². The summed E-state index contributed by atoms with van der Waals surface area (Å²) in [6.07, 6.45) is 6.40. The second-order valence-electron chi connectivity index (χ2n) is 14.5. The summed E-state index contributed by atoms with van der Waals surface area (Å²) in [6, 6.07) is 3.83. The first-order valence-corrected chi connectivity index (χ1v) is 19.9. The molecule has 0 unspecified atom stereocenters. The quantitative estimate of drug-likeness (QED) is 0.0450. The van der Waals surface area contributed by atoms with E-state index in [1.807, 2.05) is 26.0 Å². The number of carbonyl (C=O) groups is 1. The van der Waals surface area contributed by atoms with Gasteiger partial charge in [0, 0.05) is 61.2 Å². The van der Waals surface area contributed by atoms with Crippen LogP contribution in [0.4, 0.5) is 0 Å². The number of halogens is 1. The third kappa shape index (κ3) is 9.91. The van der Waals surface area contributed by atoms with Gasteiger partial charge in [-0.2, -0.15) is 0 Å². The Hall–Kier alpha value is -4.98. The lowest BCUT2D eigenvalue weighted by Gasteiger charge is -2.27. The molecular formula is C46H55ClN2O10. The molecule has 0 amide bonds. The Morgan fingerprint density at radius 1 is 0.678 bits per heavy atom. The van der Waals surface area contributed by atoms with Crippen LogP contribution in [-0.4, -0.2) is 81.3 Å².